The van der Waals surface area contributed by atoms with Crippen molar-refractivity contribution in [3.63, 3.8) is 0 Å². The van der Waals surface area contributed by atoms with E-state index in [1.54, 1.807) is 4.90 Å². The van der Waals surface area contributed by atoms with Crippen molar-refractivity contribution in [1.82, 2.24) is 14.9 Å². The van der Waals surface area contributed by atoms with Gasteiger partial charge in [-0.25, -0.2) is 14.2 Å². The van der Waals surface area contributed by atoms with Crippen LogP contribution in [-0.4, -0.2) is 46.8 Å². The molecular weight excluding hydrogens is 303 g/mol. The summed E-state index contributed by atoms with van der Waals surface area (Å²) in [7, 11) is 0. The maximum atomic E-state index is 14.4. The Balaban J connectivity index is 2.26. The van der Waals surface area contributed by atoms with Crippen LogP contribution in [-0.2, 0) is 0 Å². The molecule has 0 radical (unpaired) electrons. The van der Waals surface area contributed by atoms with E-state index in [1.807, 2.05) is 0 Å². The number of carboxylic acid groups (broad SMARTS) is 1. The van der Waals surface area contributed by atoms with Gasteiger partial charge in [-0.1, -0.05) is 6.58 Å². The number of hydrogen-bond donors (Lipinski definition) is 2. The van der Waals surface area contributed by atoms with E-state index in [-0.39, 0.29) is 16.9 Å². The summed E-state index contributed by atoms with van der Waals surface area (Å²) in [5.74, 6) is -1.87. The zero-order valence-electron chi connectivity index (χ0n) is 12.3. The van der Waals surface area contributed by atoms with Gasteiger partial charge in [0.2, 0.25) is 5.43 Å². The Morgan fingerprint density at radius 3 is 2.74 bits per heavy atom. The van der Waals surface area contributed by atoms with E-state index in [0.29, 0.717) is 26.2 Å². The summed E-state index contributed by atoms with van der Waals surface area (Å²) in [6.45, 7) is 6.21. The normalized spacial score (nSPS) is 14.9. The average molecular weight is 318 g/mol. The number of halogens is 1. The number of fused-ring (bicyclic) bond motifs is 1. The highest BCUT2D eigenvalue weighted by atomic mass is 19.1. The molecule has 3 rings (SSSR count). The van der Waals surface area contributed by atoms with Gasteiger partial charge in [-0.15, -0.1) is 0 Å². The predicted octanol–water partition coefficient (Wildman–Crippen LogP) is 0.744. The molecule has 3 heterocycles. The number of carbonyl (C=O) groups is 1. The first-order valence-corrected chi connectivity index (χ1v) is 7.10. The van der Waals surface area contributed by atoms with E-state index >= 15 is 0 Å². The second kappa shape index (κ2) is 5.81. The molecule has 7 nitrogen and oxygen atoms in total. The van der Waals surface area contributed by atoms with Gasteiger partial charge in [0, 0.05) is 38.6 Å². The fourth-order valence-electron chi connectivity index (χ4n) is 2.63. The molecule has 0 atom stereocenters. The van der Waals surface area contributed by atoms with Crippen LogP contribution in [0.1, 0.15) is 10.4 Å². The number of piperazine rings is 1. The second-order valence-electron chi connectivity index (χ2n) is 5.17. The van der Waals surface area contributed by atoms with Gasteiger partial charge >= 0.3 is 5.97 Å². The Morgan fingerprint density at radius 1 is 1.43 bits per heavy atom. The Kier molecular flexibility index (Phi) is 3.83. The van der Waals surface area contributed by atoms with Crippen molar-refractivity contribution in [2.75, 3.05) is 31.1 Å². The molecule has 0 unspecified atom stereocenters. The van der Waals surface area contributed by atoms with Gasteiger partial charge in [0.1, 0.15) is 5.56 Å². The molecule has 0 aromatic carbocycles. The number of nitrogens with zero attached hydrogens (tertiary/aromatic N) is 3. The van der Waals surface area contributed by atoms with Crippen molar-refractivity contribution < 1.29 is 14.3 Å². The maximum absolute atomic E-state index is 14.4. The Bertz CT molecular complexity index is 856. The third-order valence-corrected chi connectivity index (χ3v) is 3.78. The molecule has 0 spiro atoms. The number of carboxylic acids is 1. The topological polar surface area (TPSA) is 87.5 Å². The molecule has 120 valence electrons. The van der Waals surface area contributed by atoms with Gasteiger partial charge in [-0.3, -0.25) is 4.79 Å². The van der Waals surface area contributed by atoms with E-state index in [2.05, 4.69) is 16.9 Å². The molecule has 0 bridgehead atoms. The van der Waals surface area contributed by atoms with Crippen molar-refractivity contribution in [2.24, 2.45) is 0 Å². The molecule has 1 fully saturated rings. The van der Waals surface area contributed by atoms with Gasteiger partial charge in [-0.2, -0.15) is 0 Å². The quantitative estimate of drug-likeness (QED) is 0.868. The third kappa shape index (κ3) is 2.57. The van der Waals surface area contributed by atoms with Crippen molar-refractivity contribution in [2.45, 2.75) is 0 Å². The summed E-state index contributed by atoms with van der Waals surface area (Å²) in [5.41, 5.74) is -1.03. The number of anilines is 1. The average Bonchev–Trinajstić information content (AvgIpc) is 2.55. The molecule has 2 aromatic rings. The highest BCUT2D eigenvalue weighted by molar-refractivity contribution is 5.92. The smallest absolute Gasteiger partial charge is 0.341 e. The molecular formula is C15H15FN4O3. The number of rotatable bonds is 3. The molecule has 2 N–H and O–H groups in total. The first-order chi connectivity index (χ1) is 11.0. The number of aromatic carboxylic acids is 1. The van der Waals surface area contributed by atoms with Crippen LogP contribution in [0.4, 0.5) is 10.2 Å². The number of hydrogen-bond acceptors (Lipinski definition) is 5. The maximum Gasteiger partial charge on any atom is 0.341 e. The van der Waals surface area contributed by atoms with Crippen molar-refractivity contribution in [1.29, 1.82) is 0 Å². The molecule has 2 aromatic heterocycles. The molecule has 0 saturated carbocycles. The van der Waals surface area contributed by atoms with Crippen LogP contribution in [0.2, 0.25) is 0 Å². The van der Waals surface area contributed by atoms with E-state index in [0.717, 1.165) is 12.3 Å². The van der Waals surface area contributed by atoms with Crippen LogP contribution < -0.4 is 15.6 Å². The minimum atomic E-state index is -1.38. The third-order valence-electron chi connectivity index (χ3n) is 3.78. The van der Waals surface area contributed by atoms with Crippen molar-refractivity contribution in [3.05, 3.63) is 40.4 Å². The SMILES string of the molecule is C=Cn1cc(C(=O)O)c(=O)c2cc(F)c(N3CCNCC3)nc21. The van der Waals surface area contributed by atoms with Gasteiger partial charge in [0.05, 0.1) is 5.39 Å². The number of pyridine rings is 2. The molecule has 0 amide bonds. The lowest BCUT2D eigenvalue weighted by Gasteiger charge is -2.28. The fourth-order valence-corrected chi connectivity index (χ4v) is 2.63. The number of aromatic nitrogens is 2. The molecule has 0 aliphatic carbocycles. The fraction of sp³-hybridized carbons (Fsp3) is 0.267. The van der Waals surface area contributed by atoms with Gasteiger partial charge < -0.3 is 19.9 Å². The van der Waals surface area contributed by atoms with Crippen LogP contribution in [0.5, 0.6) is 0 Å². The molecule has 1 aliphatic heterocycles. The standard InChI is InChI=1S/C15H15FN4O3/c1-2-19-8-10(15(22)23)12(21)9-7-11(16)14(18-13(9)19)20-5-3-17-4-6-20/h2,7-8,17H,1,3-6H2,(H,22,23). The first kappa shape index (κ1) is 15.2. The summed E-state index contributed by atoms with van der Waals surface area (Å²) >= 11 is 0. The van der Waals surface area contributed by atoms with Crippen LogP contribution in [0.15, 0.2) is 23.6 Å². The highest BCUT2D eigenvalue weighted by Gasteiger charge is 2.21. The van der Waals surface area contributed by atoms with E-state index in [4.69, 9.17) is 5.11 Å². The predicted molar refractivity (Wildman–Crippen MR) is 84.4 cm³/mol. The van der Waals surface area contributed by atoms with Crippen molar-refractivity contribution >= 4 is 29.0 Å². The lowest BCUT2D eigenvalue weighted by atomic mass is 10.2. The zero-order chi connectivity index (χ0) is 16.6. The highest BCUT2D eigenvalue weighted by Crippen LogP contribution is 2.22. The lowest BCUT2D eigenvalue weighted by Crippen LogP contribution is -2.44. The van der Waals surface area contributed by atoms with Gasteiger partial charge in [0.25, 0.3) is 0 Å². The molecule has 1 aliphatic rings. The van der Waals surface area contributed by atoms with E-state index < -0.39 is 22.8 Å². The Hall–Kier alpha value is -2.74. The molecule has 23 heavy (non-hydrogen) atoms. The zero-order valence-corrected chi connectivity index (χ0v) is 12.3. The van der Waals surface area contributed by atoms with Gasteiger partial charge in [0.15, 0.2) is 17.3 Å². The largest absolute Gasteiger partial charge is 0.477 e. The van der Waals surface area contributed by atoms with E-state index in [9.17, 15) is 14.0 Å². The summed E-state index contributed by atoms with van der Waals surface area (Å²) in [6.07, 6.45) is 2.48. The molecule has 1 saturated heterocycles. The Morgan fingerprint density at radius 2 is 2.13 bits per heavy atom. The monoisotopic (exact) mass is 318 g/mol. The lowest BCUT2D eigenvalue weighted by molar-refractivity contribution is 0.0695. The summed E-state index contributed by atoms with van der Waals surface area (Å²) < 4.78 is 15.7. The minimum absolute atomic E-state index is 0.0822. The second-order valence-corrected chi connectivity index (χ2v) is 5.17. The first-order valence-electron chi connectivity index (χ1n) is 7.10. The summed E-state index contributed by atoms with van der Waals surface area (Å²) in [4.78, 5) is 29.4. The van der Waals surface area contributed by atoms with Crippen molar-refractivity contribution in [3.8, 4) is 0 Å². The Labute approximate surface area is 130 Å². The van der Waals surface area contributed by atoms with Crippen LogP contribution in [0, 0.1) is 5.82 Å². The number of nitrogens with one attached hydrogen (secondary N) is 1. The van der Waals surface area contributed by atoms with Crippen LogP contribution in [0.25, 0.3) is 17.2 Å². The van der Waals surface area contributed by atoms with Crippen LogP contribution >= 0.6 is 0 Å². The minimum Gasteiger partial charge on any atom is -0.477 e. The molecule has 8 heteroatoms. The van der Waals surface area contributed by atoms with Gasteiger partial charge in [-0.05, 0) is 6.07 Å². The summed E-state index contributed by atoms with van der Waals surface area (Å²) in [6, 6.07) is 1.05. The van der Waals surface area contributed by atoms with E-state index in [1.165, 1.54) is 10.8 Å². The summed E-state index contributed by atoms with van der Waals surface area (Å²) in [5, 5.41) is 12.2. The van der Waals surface area contributed by atoms with Crippen LogP contribution in [0.3, 0.4) is 0 Å².